The first-order valence-corrected chi connectivity index (χ1v) is 13.9. The lowest BCUT2D eigenvalue weighted by Crippen LogP contribution is -2.36. The summed E-state index contributed by atoms with van der Waals surface area (Å²) < 4.78 is 0. The Morgan fingerprint density at radius 3 is 1.00 bits per heavy atom. The summed E-state index contributed by atoms with van der Waals surface area (Å²) >= 11 is 0. The third kappa shape index (κ3) is 25.9. The maximum absolute atomic E-state index is 10.0. The normalized spacial score (nSPS) is 11.6. The molecule has 3 N–H and O–H groups in total. The Labute approximate surface area is 190 Å². The molecule has 0 aliphatic carbocycles. The van der Waals surface area contributed by atoms with E-state index in [0.717, 1.165) is 26.2 Å². The summed E-state index contributed by atoms with van der Waals surface area (Å²) in [5, 5.41) is 16.9. The highest BCUT2D eigenvalue weighted by molar-refractivity contribution is 4.63. The predicted octanol–water partition coefficient (Wildman–Crippen LogP) is 7.37. The molecule has 3 heteroatoms. The molecule has 0 aromatic rings. The van der Waals surface area contributed by atoms with E-state index in [9.17, 15) is 5.11 Å². The van der Waals surface area contributed by atoms with Gasteiger partial charge >= 0.3 is 0 Å². The van der Waals surface area contributed by atoms with Crippen molar-refractivity contribution in [3.05, 3.63) is 0 Å². The van der Waals surface area contributed by atoms with Gasteiger partial charge in [0.25, 0.3) is 0 Å². The Balaban J connectivity index is 3.13. The van der Waals surface area contributed by atoms with Crippen LogP contribution in [0.5, 0.6) is 0 Å². The van der Waals surface area contributed by atoms with Gasteiger partial charge in [-0.2, -0.15) is 0 Å². The molecule has 0 unspecified atom stereocenters. The highest BCUT2D eigenvalue weighted by atomic mass is 16.3. The first kappa shape index (κ1) is 29.9. The number of hydrogen-bond donors (Lipinski definition) is 3. The SMILES string of the molecule is CCCCCCCCCCCCNCC(O)CNCCCCCCCCCCCC. The number of aliphatic hydroxyl groups is 1. The Hall–Kier alpha value is -0.120. The molecule has 0 rings (SSSR count). The molecule has 0 radical (unpaired) electrons. The molecule has 0 bridgehead atoms. The van der Waals surface area contributed by atoms with Crippen LogP contribution in [0.15, 0.2) is 0 Å². The fourth-order valence-electron chi connectivity index (χ4n) is 4.08. The summed E-state index contributed by atoms with van der Waals surface area (Å²) in [5.74, 6) is 0. The number of aliphatic hydroxyl groups excluding tert-OH is 1. The van der Waals surface area contributed by atoms with Crippen LogP contribution in [0.4, 0.5) is 0 Å². The zero-order valence-electron chi connectivity index (χ0n) is 21.0. The smallest absolute Gasteiger partial charge is 0.0788 e. The van der Waals surface area contributed by atoms with E-state index in [1.165, 1.54) is 128 Å². The van der Waals surface area contributed by atoms with E-state index < -0.39 is 0 Å². The van der Waals surface area contributed by atoms with Crippen molar-refractivity contribution in [2.75, 3.05) is 26.2 Å². The number of nitrogens with one attached hydrogen (secondary N) is 2. The molecule has 3 nitrogen and oxygen atoms in total. The van der Waals surface area contributed by atoms with Crippen LogP contribution in [-0.4, -0.2) is 37.4 Å². The van der Waals surface area contributed by atoms with Crippen molar-refractivity contribution in [2.24, 2.45) is 0 Å². The summed E-state index contributed by atoms with van der Waals surface area (Å²) in [6.07, 6.45) is 27.4. The number of rotatable bonds is 26. The molecule has 0 aromatic carbocycles. The van der Waals surface area contributed by atoms with Crippen molar-refractivity contribution in [1.82, 2.24) is 10.6 Å². The first-order valence-electron chi connectivity index (χ1n) is 13.9. The van der Waals surface area contributed by atoms with Gasteiger partial charge in [-0.05, 0) is 25.9 Å². The van der Waals surface area contributed by atoms with Crippen molar-refractivity contribution in [2.45, 2.75) is 148 Å². The van der Waals surface area contributed by atoms with E-state index in [1.807, 2.05) is 0 Å². The minimum absolute atomic E-state index is 0.253. The molecule has 0 heterocycles. The van der Waals surface area contributed by atoms with Crippen molar-refractivity contribution >= 4 is 0 Å². The summed E-state index contributed by atoms with van der Waals surface area (Å²) in [5.41, 5.74) is 0. The molecular weight excluding hydrogens is 368 g/mol. The molecule has 0 amide bonds. The lowest BCUT2D eigenvalue weighted by Gasteiger charge is -2.13. The molecule has 0 saturated carbocycles. The minimum atomic E-state index is -0.253. The van der Waals surface area contributed by atoms with Gasteiger partial charge in [-0.15, -0.1) is 0 Å². The van der Waals surface area contributed by atoms with E-state index in [2.05, 4.69) is 24.5 Å². The molecule has 30 heavy (non-hydrogen) atoms. The number of unbranched alkanes of at least 4 members (excludes halogenated alkanes) is 18. The van der Waals surface area contributed by atoms with Crippen molar-refractivity contribution in [1.29, 1.82) is 0 Å². The van der Waals surface area contributed by atoms with Crippen molar-refractivity contribution in [3.63, 3.8) is 0 Å². The van der Waals surface area contributed by atoms with Crippen LogP contribution in [0.3, 0.4) is 0 Å². The second kappa shape index (κ2) is 26.9. The van der Waals surface area contributed by atoms with E-state index in [1.54, 1.807) is 0 Å². The van der Waals surface area contributed by atoms with Crippen LogP contribution in [-0.2, 0) is 0 Å². The van der Waals surface area contributed by atoms with Crippen LogP contribution < -0.4 is 10.6 Å². The lowest BCUT2D eigenvalue weighted by atomic mass is 10.1. The third-order valence-corrected chi connectivity index (χ3v) is 6.17. The molecule has 0 fully saturated rings. The second-order valence-electron chi connectivity index (χ2n) is 9.43. The van der Waals surface area contributed by atoms with Gasteiger partial charge in [-0.1, -0.05) is 129 Å². The van der Waals surface area contributed by atoms with Gasteiger partial charge in [0.05, 0.1) is 6.10 Å². The fraction of sp³-hybridized carbons (Fsp3) is 1.00. The van der Waals surface area contributed by atoms with Crippen LogP contribution in [0.2, 0.25) is 0 Å². The molecule has 0 aromatic heterocycles. The van der Waals surface area contributed by atoms with Gasteiger partial charge in [-0.3, -0.25) is 0 Å². The first-order chi connectivity index (χ1) is 14.8. The molecule has 0 saturated heterocycles. The van der Waals surface area contributed by atoms with Crippen LogP contribution >= 0.6 is 0 Å². The minimum Gasteiger partial charge on any atom is -0.390 e. The van der Waals surface area contributed by atoms with Gasteiger partial charge in [0.2, 0.25) is 0 Å². The van der Waals surface area contributed by atoms with E-state index in [4.69, 9.17) is 0 Å². The van der Waals surface area contributed by atoms with E-state index in [0.29, 0.717) is 0 Å². The third-order valence-electron chi connectivity index (χ3n) is 6.17. The second-order valence-corrected chi connectivity index (χ2v) is 9.43. The van der Waals surface area contributed by atoms with Gasteiger partial charge in [0, 0.05) is 13.1 Å². The quantitative estimate of drug-likeness (QED) is 0.126. The summed E-state index contributed by atoms with van der Waals surface area (Å²) in [4.78, 5) is 0. The average molecular weight is 427 g/mol. The summed E-state index contributed by atoms with van der Waals surface area (Å²) in [7, 11) is 0. The number of hydrogen-bond acceptors (Lipinski definition) is 3. The molecule has 0 aliphatic rings. The maximum Gasteiger partial charge on any atom is 0.0788 e. The maximum atomic E-state index is 10.0. The fourth-order valence-corrected chi connectivity index (χ4v) is 4.08. The molecule has 0 spiro atoms. The van der Waals surface area contributed by atoms with E-state index in [-0.39, 0.29) is 6.10 Å². The zero-order chi connectivity index (χ0) is 22.0. The standard InChI is InChI=1S/C27H58N2O/c1-3-5-7-9-11-13-15-17-19-21-23-28-25-27(30)26-29-24-22-20-18-16-14-12-10-8-6-4-2/h27-30H,3-26H2,1-2H3. The highest BCUT2D eigenvalue weighted by Crippen LogP contribution is 2.11. The van der Waals surface area contributed by atoms with E-state index >= 15 is 0 Å². The Morgan fingerprint density at radius 2 is 0.700 bits per heavy atom. The molecular formula is C27H58N2O. The zero-order valence-corrected chi connectivity index (χ0v) is 21.0. The van der Waals surface area contributed by atoms with Crippen LogP contribution in [0, 0.1) is 0 Å². The Morgan fingerprint density at radius 1 is 0.433 bits per heavy atom. The highest BCUT2D eigenvalue weighted by Gasteiger charge is 2.02. The van der Waals surface area contributed by atoms with Gasteiger partial charge in [0.1, 0.15) is 0 Å². The average Bonchev–Trinajstić information content (AvgIpc) is 2.75. The monoisotopic (exact) mass is 426 g/mol. The molecule has 182 valence electrons. The van der Waals surface area contributed by atoms with Gasteiger partial charge in [-0.25, -0.2) is 0 Å². The topological polar surface area (TPSA) is 44.3 Å². The van der Waals surface area contributed by atoms with Crippen LogP contribution in [0.25, 0.3) is 0 Å². The van der Waals surface area contributed by atoms with Crippen molar-refractivity contribution in [3.8, 4) is 0 Å². The van der Waals surface area contributed by atoms with Gasteiger partial charge < -0.3 is 15.7 Å². The van der Waals surface area contributed by atoms with Gasteiger partial charge in [0.15, 0.2) is 0 Å². The molecule has 0 atom stereocenters. The van der Waals surface area contributed by atoms with Crippen molar-refractivity contribution < 1.29 is 5.11 Å². The Kier molecular flexibility index (Phi) is 26.8. The largest absolute Gasteiger partial charge is 0.390 e. The van der Waals surface area contributed by atoms with Crippen LogP contribution in [0.1, 0.15) is 142 Å². The molecule has 0 aliphatic heterocycles. The summed E-state index contributed by atoms with van der Waals surface area (Å²) in [6, 6.07) is 0. The summed E-state index contributed by atoms with van der Waals surface area (Å²) in [6.45, 7) is 8.11. The lowest BCUT2D eigenvalue weighted by molar-refractivity contribution is 0.168. The Bertz CT molecular complexity index is 271. The predicted molar refractivity (Wildman–Crippen MR) is 135 cm³/mol.